The van der Waals surface area contributed by atoms with E-state index in [4.69, 9.17) is 4.74 Å². The lowest BCUT2D eigenvalue weighted by atomic mass is 10.0. The monoisotopic (exact) mass is 251 g/mol. The molecule has 1 saturated heterocycles. The molecule has 1 aliphatic heterocycles. The lowest BCUT2D eigenvalue weighted by Gasteiger charge is -2.22. The van der Waals surface area contributed by atoms with Gasteiger partial charge in [0.2, 0.25) is 0 Å². The van der Waals surface area contributed by atoms with Crippen LogP contribution in [0.2, 0.25) is 0 Å². The van der Waals surface area contributed by atoms with Crippen molar-refractivity contribution in [1.29, 1.82) is 0 Å². The van der Waals surface area contributed by atoms with Crippen LogP contribution >= 0.6 is 11.8 Å². The van der Waals surface area contributed by atoms with Crippen LogP contribution in [0, 0.1) is 5.92 Å². The fourth-order valence-corrected chi connectivity index (χ4v) is 3.12. The van der Waals surface area contributed by atoms with Crippen molar-refractivity contribution < 1.29 is 4.74 Å². The van der Waals surface area contributed by atoms with Crippen LogP contribution in [0.4, 0.5) is 0 Å². The van der Waals surface area contributed by atoms with Crippen LogP contribution in [0.1, 0.15) is 19.8 Å². The smallest absolute Gasteiger partial charge is 0.119 e. The van der Waals surface area contributed by atoms with Crippen molar-refractivity contribution in [3.05, 3.63) is 24.3 Å². The van der Waals surface area contributed by atoms with Crippen LogP contribution in [0.5, 0.6) is 5.75 Å². The Labute approximate surface area is 108 Å². The number of hydrogen-bond acceptors (Lipinski definition) is 3. The molecule has 1 fully saturated rings. The van der Waals surface area contributed by atoms with Gasteiger partial charge in [-0.2, -0.15) is 0 Å². The average molecular weight is 251 g/mol. The van der Waals surface area contributed by atoms with Crippen LogP contribution in [-0.2, 0) is 0 Å². The first kappa shape index (κ1) is 12.8. The number of ether oxygens (including phenoxy) is 1. The molecule has 1 aromatic rings. The lowest BCUT2D eigenvalue weighted by molar-refractivity contribution is 0.340. The Hall–Kier alpha value is -0.670. The van der Waals surface area contributed by atoms with E-state index in [1.807, 2.05) is 18.7 Å². The highest BCUT2D eigenvalue weighted by Crippen LogP contribution is 2.25. The van der Waals surface area contributed by atoms with Crippen LogP contribution < -0.4 is 10.1 Å². The molecule has 0 radical (unpaired) electrons. The van der Waals surface area contributed by atoms with Crippen molar-refractivity contribution in [3.63, 3.8) is 0 Å². The number of hydrogen-bond donors (Lipinski definition) is 1. The number of benzene rings is 1. The third-order valence-electron chi connectivity index (χ3n) is 3.02. The standard InChI is InChI=1S/C14H21NOS/c1-2-16-13-5-7-14(8-6-13)17-11-12-4-3-9-15-10-12/h5-8,12,15H,2-4,9-11H2,1H3. The van der Waals surface area contributed by atoms with Gasteiger partial charge < -0.3 is 10.1 Å². The molecule has 1 aromatic carbocycles. The molecule has 94 valence electrons. The van der Waals surface area contributed by atoms with Gasteiger partial charge in [-0.25, -0.2) is 0 Å². The van der Waals surface area contributed by atoms with Crippen LogP contribution in [-0.4, -0.2) is 25.4 Å². The van der Waals surface area contributed by atoms with Gasteiger partial charge in [-0.1, -0.05) is 0 Å². The summed E-state index contributed by atoms with van der Waals surface area (Å²) in [5.41, 5.74) is 0. The third kappa shape index (κ3) is 4.25. The molecule has 0 bridgehead atoms. The minimum Gasteiger partial charge on any atom is -0.494 e. The van der Waals surface area contributed by atoms with Crippen molar-refractivity contribution >= 4 is 11.8 Å². The quantitative estimate of drug-likeness (QED) is 0.812. The first-order valence-electron chi connectivity index (χ1n) is 6.45. The van der Waals surface area contributed by atoms with Crippen molar-refractivity contribution in [3.8, 4) is 5.75 Å². The zero-order valence-corrected chi connectivity index (χ0v) is 11.3. The van der Waals surface area contributed by atoms with E-state index in [0.29, 0.717) is 0 Å². The molecule has 1 heterocycles. The molecule has 0 aliphatic carbocycles. The summed E-state index contributed by atoms with van der Waals surface area (Å²) < 4.78 is 5.44. The summed E-state index contributed by atoms with van der Waals surface area (Å²) >= 11 is 1.96. The second kappa shape index (κ2) is 6.92. The maximum Gasteiger partial charge on any atom is 0.119 e. The molecule has 1 N–H and O–H groups in total. The van der Waals surface area contributed by atoms with Gasteiger partial charge >= 0.3 is 0 Å². The summed E-state index contributed by atoms with van der Waals surface area (Å²) in [5, 5.41) is 3.46. The molecule has 2 nitrogen and oxygen atoms in total. The zero-order valence-electron chi connectivity index (χ0n) is 10.4. The van der Waals surface area contributed by atoms with Gasteiger partial charge in [-0.15, -0.1) is 11.8 Å². The molecular formula is C14H21NOS. The van der Waals surface area contributed by atoms with Gasteiger partial charge in [0.1, 0.15) is 5.75 Å². The van der Waals surface area contributed by atoms with E-state index in [-0.39, 0.29) is 0 Å². The highest BCUT2D eigenvalue weighted by atomic mass is 32.2. The molecule has 0 amide bonds. The molecule has 0 aromatic heterocycles. The topological polar surface area (TPSA) is 21.3 Å². The van der Waals surface area contributed by atoms with Gasteiger partial charge in [0.05, 0.1) is 6.61 Å². The lowest BCUT2D eigenvalue weighted by Crippen LogP contribution is -2.30. The fraction of sp³-hybridized carbons (Fsp3) is 0.571. The molecule has 1 aliphatic rings. The average Bonchev–Trinajstić information content (AvgIpc) is 2.40. The highest BCUT2D eigenvalue weighted by Gasteiger charge is 2.12. The van der Waals surface area contributed by atoms with Crippen molar-refractivity contribution in [2.24, 2.45) is 5.92 Å². The van der Waals surface area contributed by atoms with Gasteiger partial charge in [0.25, 0.3) is 0 Å². The second-order valence-electron chi connectivity index (χ2n) is 4.43. The first-order valence-corrected chi connectivity index (χ1v) is 7.43. The van der Waals surface area contributed by atoms with E-state index in [0.717, 1.165) is 18.3 Å². The largest absolute Gasteiger partial charge is 0.494 e. The Morgan fingerprint density at radius 2 is 2.18 bits per heavy atom. The minimum absolute atomic E-state index is 0.736. The Balaban J connectivity index is 1.77. The highest BCUT2D eigenvalue weighted by molar-refractivity contribution is 7.99. The molecular weight excluding hydrogens is 230 g/mol. The maximum absolute atomic E-state index is 5.44. The molecule has 3 heteroatoms. The van der Waals surface area contributed by atoms with Crippen LogP contribution in [0.25, 0.3) is 0 Å². The van der Waals surface area contributed by atoms with E-state index in [2.05, 4.69) is 29.6 Å². The number of rotatable bonds is 5. The summed E-state index contributed by atoms with van der Waals surface area (Å²) in [6.07, 6.45) is 2.70. The molecule has 1 unspecified atom stereocenters. The van der Waals surface area contributed by atoms with E-state index >= 15 is 0 Å². The van der Waals surface area contributed by atoms with Crippen molar-refractivity contribution in [1.82, 2.24) is 5.32 Å². The fourth-order valence-electron chi connectivity index (χ4n) is 2.08. The van der Waals surface area contributed by atoms with Gasteiger partial charge in [0, 0.05) is 10.6 Å². The third-order valence-corrected chi connectivity index (χ3v) is 4.26. The Morgan fingerprint density at radius 1 is 1.35 bits per heavy atom. The molecule has 17 heavy (non-hydrogen) atoms. The maximum atomic E-state index is 5.44. The number of thioether (sulfide) groups is 1. The number of piperidine rings is 1. The Morgan fingerprint density at radius 3 is 2.82 bits per heavy atom. The van der Waals surface area contributed by atoms with Crippen LogP contribution in [0.15, 0.2) is 29.2 Å². The van der Waals surface area contributed by atoms with Gasteiger partial charge in [-0.3, -0.25) is 0 Å². The number of nitrogens with one attached hydrogen (secondary N) is 1. The van der Waals surface area contributed by atoms with E-state index < -0.39 is 0 Å². The summed E-state index contributed by atoms with van der Waals surface area (Å²) in [5.74, 6) is 3.03. The van der Waals surface area contributed by atoms with E-state index in [1.165, 1.54) is 36.6 Å². The van der Waals surface area contributed by atoms with Crippen LogP contribution in [0.3, 0.4) is 0 Å². The normalized spacial score (nSPS) is 20.2. The van der Waals surface area contributed by atoms with Gasteiger partial charge in [-0.05, 0) is 63.0 Å². The van der Waals surface area contributed by atoms with Gasteiger partial charge in [0.15, 0.2) is 0 Å². The summed E-state index contributed by atoms with van der Waals surface area (Å²) in [6.45, 7) is 5.13. The minimum atomic E-state index is 0.736. The molecule has 2 rings (SSSR count). The Bertz CT molecular complexity index is 319. The zero-order chi connectivity index (χ0) is 11.9. The van der Waals surface area contributed by atoms with Crippen molar-refractivity contribution in [2.45, 2.75) is 24.7 Å². The molecule has 0 saturated carbocycles. The summed E-state index contributed by atoms with van der Waals surface area (Å²) in [7, 11) is 0. The van der Waals surface area contributed by atoms with Crippen molar-refractivity contribution in [2.75, 3.05) is 25.4 Å². The molecule has 0 spiro atoms. The van der Waals surface area contributed by atoms with E-state index in [9.17, 15) is 0 Å². The Kier molecular flexibility index (Phi) is 5.20. The summed E-state index contributed by atoms with van der Waals surface area (Å²) in [4.78, 5) is 1.35. The summed E-state index contributed by atoms with van der Waals surface area (Å²) in [6, 6.07) is 8.44. The predicted molar refractivity (Wildman–Crippen MR) is 73.9 cm³/mol. The van der Waals surface area contributed by atoms with E-state index in [1.54, 1.807) is 0 Å². The predicted octanol–water partition coefficient (Wildman–Crippen LogP) is 3.18. The first-order chi connectivity index (χ1) is 8.38. The molecule has 1 atom stereocenters. The second-order valence-corrected chi connectivity index (χ2v) is 5.52. The SMILES string of the molecule is CCOc1ccc(SCC2CCCNC2)cc1.